The second-order valence-corrected chi connectivity index (χ2v) is 6.27. The Kier molecular flexibility index (Phi) is 3.81. The van der Waals surface area contributed by atoms with Gasteiger partial charge in [0.25, 0.3) is 0 Å². The molecule has 0 aliphatic heterocycles. The molecular formula is C17H24N2. The highest BCUT2D eigenvalue weighted by molar-refractivity contribution is 5.35. The molecule has 2 aromatic rings. The van der Waals surface area contributed by atoms with Crippen LogP contribution in [0.3, 0.4) is 0 Å². The lowest BCUT2D eigenvalue weighted by atomic mass is 9.85. The lowest BCUT2D eigenvalue weighted by molar-refractivity contribution is 0.589. The van der Waals surface area contributed by atoms with Gasteiger partial charge in [-0.05, 0) is 28.2 Å². The van der Waals surface area contributed by atoms with E-state index in [1.54, 1.807) is 0 Å². The summed E-state index contributed by atoms with van der Waals surface area (Å²) in [6.07, 6.45) is 4.22. The molecule has 1 heterocycles. The second-order valence-electron chi connectivity index (χ2n) is 6.27. The molecule has 0 spiro atoms. The zero-order valence-corrected chi connectivity index (χ0v) is 12.4. The van der Waals surface area contributed by atoms with Crippen LogP contribution in [0, 0.1) is 0 Å². The third-order valence-corrected chi connectivity index (χ3v) is 3.67. The average Bonchev–Trinajstić information content (AvgIpc) is 2.76. The fourth-order valence-corrected chi connectivity index (χ4v) is 2.41. The number of hydrogen-bond donors (Lipinski definition) is 1. The fourth-order valence-electron chi connectivity index (χ4n) is 2.41. The number of nitrogens with two attached hydrogens (primary N) is 1. The van der Waals surface area contributed by atoms with Gasteiger partial charge in [-0.1, -0.05) is 45.0 Å². The van der Waals surface area contributed by atoms with Gasteiger partial charge in [0, 0.05) is 31.9 Å². The van der Waals surface area contributed by atoms with Crippen LogP contribution in [0.2, 0.25) is 0 Å². The van der Waals surface area contributed by atoms with Crippen molar-refractivity contribution in [2.24, 2.45) is 12.8 Å². The number of benzene rings is 1. The molecule has 2 N–H and O–H groups in total. The molecule has 0 fully saturated rings. The van der Waals surface area contributed by atoms with Crippen molar-refractivity contribution in [2.75, 3.05) is 6.54 Å². The van der Waals surface area contributed by atoms with Gasteiger partial charge in [0.1, 0.15) is 0 Å². The summed E-state index contributed by atoms with van der Waals surface area (Å²) in [6.45, 7) is 7.34. The molecule has 19 heavy (non-hydrogen) atoms. The van der Waals surface area contributed by atoms with E-state index >= 15 is 0 Å². The molecule has 0 saturated heterocycles. The van der Waals surface area contributed by atoms with Crippen LogP contribution in [0.25, 0.3) is 0 Å². The van der Waals surface area contributed by atoms with E-state index in [0.29, 0.717) is 6.54 Å². The molecule has 1 unspecified atom stereocenters. The molecule has 2 heteroatoms. The third-order valence-electron chi connectivity index (χ3n) is 3.67. The molecular weight excluding hydrogens is 232 g/mol. The minimum atomic E-state index is 0.198. The topological polar surface area (TPSA) is 30.9 Å². The molecule has 0 amide bonds. The van der Waals surface area contributed by atoms with Gasteiger partial charge in [0.05, 0.1) is 0 Å². The summed E-state index contributed by atoms with van der Waals surface area (Å²) < 4.78 is 2.07. The predicted octanol–water partition coefficient (Wildman–Crippen LogP) is 3.41. The van der Waals surface area contributed by atoms with E-state index in [2.05, 4.69) is 68.1 Å². The lowest BCUT2D eigenvalue weighted by Crippen LogP contribution is -2.15. The molecule has 2 nitrogen and oxygen atoms in total. The maximum atomic E-state index is 5.96. The maximum absolute atomic E-state index is 5.96. The molecule has 0 radical (unpaired) electrons. The van der Waals surface area contributed by atoms with Gasteiger partial charge in [-0.25, -0.2) is 0 Å². The number of aromatic nitrogens is 1. The van der Waals surface area contributed by atoms with Crippen molar-refractivity contribution in [2.45, 2.75) is 32.1 Å². The highest BCUT2D eigenvalue weighted by Crippen LogP contribution is 2.27. The van der Waals surface area contributed by atoms with Crippen molar-refractivity contribution in [1.82, 2.24) is 4.57 Å². The van der Waals surface area contributed by atoms with Gasteiger partial charge < -0.3 is 10.3 Å². The van der Waals surface area contributed by atoms with Crippen molar-refractivity contribution in [3.63, 3.8) is 0 Å². The summed E-state index contributed by atoms with van der Waals surface area (Å²) in [4.78, 5) is 0. The van der Waals surface area contributed by atoms with E-state index in [9.17, 15) is 0 Å². The van der Waals surface area contributed by atoms with Crippen molar-refractivity contribution in [3.05, 3.63) is 59.4 Å². The Morgan fingerprint density at radius 1 is 1.05 bits per heavy atom. The van der Waals surface area contributed by atoms with Gasteiger partial charge in [-0.15, -0.1) is 0 Å². The Morgan fingerprint density at radius 3 is 2.11 bits per heavy atom. The Bertz CT molecular complexity index is 529. The summed E-state index contributed by atoms with van der Waals surface area (Å²) >= 11 is 0. The van der Waals surface area contributed by atoms with Crippen LogP contribution in [-0.4, -0.2) is 11.1 Å². The molecule has 2 rings (SSSR count). The number of aryl methyl sites for hydroxylation is 1. The monoisotopic (exact) mass is 256 g/mol. The smallest absolute Gasteiger partial charge is 0.0227 e. The van der Waals surface area contributed by atoms with Gasteiger partial charge >= 0.3 is 0 Å². The lowest BCUT2D eigenvalue weighted by Gasteiger charge is -2.21. The third kappa shape index (κ3) is 3.07. The highest BCUT2D eigenvalue weighted by Gasteiger charge is 2.16. The SMILES string of the molecule is Cn1ccc(C(CN)c2ccc(C(C)(C)C)cc2)c1. The largest absolute Gasteiger partial charge is 0.357 e. The number of rotatable bonds is 3. The second kappa shape index (κ2) is 5.22. The van der Waals surface area contributed by atoms with Gasteiger partial charge in [-0.3, -0.25) is 0 Å². The minimum absolute atomic E-state index is 0.198. The minimum Gasteiger partial charge on any atom is -0.357 e. The van der Waals surface area contributed by atoms with Crippen LogP contribution < -0.4 is 5.73 Å². The summed E-state index contributed by atoms with van der Waals surface area (Å²) in [6, 6.07) is 11.0. The van der Waals surface area contributed by atoms with E-state index in [1.807, 2.05) is 7.05 Å². The quantitative estimate of drug-likeness (QED) is 0.896. The summed E-state index contributed by atoms with van der Waals surface area (Å²) in [7, 11) is 2.04. The molecule has 102 valence electrons. The van der Waals surface area contributed by atoms with Crippen LogP contribution in [0.1, 0.15) is 43.4 Å². The van der Waals surface area contributed by atoms with Crippen LogP contribution in [0.15, 0.2) is 42.7 Å². The van der Waals surface area contributed by atoms with Gasteiger partial charge in [-0.2, -0.15) is 0 Å². The molecule has 0 saturated carbocycles. The molecule has 0 bridgehead atoms. The van der Waals surface area contributed by atoms with Crippen molar-refractivity contribution in [3.8, 4) is 0 Å². The average molecular weight is 256 g/mol. The summed E-state index contributed by atoms with van der Waals surface area (Å²) in [5.74, 6) is 0.287. The van der Waals surface area contributed by atoms with Crippen LogP contribution in [-0.2, 0) is 12.5 Å². The first kappa shape index (κ1) is 13.9. The standard InChI is InChI=1S/C17H24N2/c1-17(2,3)15-7-5-13(6-8-15)16(11-18)14-9-10-19(4)12-14/h5-10,12,16H,11,18H2,1-4H3. The molecule has 1 aromatic heterocycles. The van der Waals surface area contributed by atoms with Crippen molar-refractivity contribution >= 4 is 0 Å². The summed E-state index contributed by atoms with van der Waals surface area (Å²) in [5.41, 5.74) is 10.1. The Labute approximate surface area is 116 Å². The Hall–Kier alpha value is -1.54. The van der Waals surface area contributed by atoms with Crippen molar-refractivity contribution < 1.29 is 0 Å². The van der Waals surface area contributed by atoms with Crippen LogP contribution in [0.4, 0.5) is 0 Å². The zero-order valence-electron chi connectivity index (χ0n) is 12.4. The van der Waals surface area contributed by atoms with Crippen LogP contribution >= 0.6 is 0 Å². The Balaban J connectivity index is 2.30. The van der Waals surface area contributed by atoms with Gasteiger partial charge in [0.2, 0.25) is 0 Å². The number of nitrogens with zero attached hydrogens (tertiary/aromatic N) is 1. The van der Waals surface area contributed by atoms with E-state index in [0.717, 1.165) is 0 Å². The van der Waals surface area contributed by atoms with E-state index in [1.165, 1.54) is 16.7 Å². The molecule has 0 aliphatic carbocycles. The normalized spacial score (nSPS) is 13.5. The first-order valence-corrected chi connectivity index (χ1v) is 6.84. The zero-order chi connectivity index (χ0) is 14.0. The molecule has 1 atom stereocenters. The van der Waals surface area contributed by atoms with Gasteiger partial charge in [0.15, 0.2) is 0 Å². The Morgan fingerprint density at radius 2 is 1.68 bits per heavy atom. The van der Waals surface area contributed by atoms with Crippen LogP contribution in [0.5, 0.6) is 0 Å². The predicted molar refractivity (Wildman–Crippen MR) is 81.5 cm³/mol. The van der Waals surface area contributed by atoms with Crippen molar-refractivity contribution in [1.29, 1.82) is 0 Å². The maximum Gasteiger partial charge on any atom is 0.0227 e. The highest BCUT2D eigenvalue weighted by atomic mass is 14.9. The number of hydrogen-bond acceptors (Lipinski definition) is 1. The van der Waals surface area contributed by atoms with E-state index in [4.69, 9.17) is 5.73 Å². The molecule has 1 aromatic carbocycles. The molecule has 0 aliphatic rings. The first-order chi connectivity index (χ1) is 8.91. The van der Waals surface area contributed by atoms with E-state index < -0.39 is 0 Å². The summed E-state index contributed by atoms with van der Waals surface area (Å²) in [5, 5.41) is 0. The first-order valence-electron chi connectivity index (χ1n) is 6.84. The fraction of sp³-hybridized carbons (Fsp3) is 0.412. The van der Waals surface area contributed by atoms with E-state index in [-0.39, 0.29) is 11.3 Å².